The fraction of sp³-hybridized carbons (Fsp3) is 0.297. The molecule has 2 amide bonds. The molecule has 48 heavy (non-hydrogen) atoms. The lowest BCUT2D eigenvalue weighted by Gasteiger charge is -2.34. The fourth-order valence-corrected chi connectivity index (χ4v) is 6.60. The Kier molecular flexibility index (Phi) is 12.5. The van der Waals surface area contributed by atoms with Gasteiger partial charge in [-0.15, -0.1) is 0 Å². The largest absolute Gasteiger partial charge is 0.497 e. The van der Waals surface area contributed by atoms with Gasteiger partial charge in [0.1, 0.15) is 18.3 Å². The summed E-state index contributed by atoms with van der Waals surface area (Å²) in [4.78, 5) is 29.9. The highest BCUT2D eigenvalue weighted by Gasteiger charge is 2.35. The first-order valence-corrected chi connectivity index (χ1v) is 17.0. The molecule has 0 aliphatic carbocycles. The van der Waals surface area contributed by atoms with E-state index >= 15 is 0 Å². The maximum atomic E-state index is 14.6. The van der Waals surface area contributed by atoms with Gasteiger partial charge in [0, 0.05) is 25.6 Å². The van der Waals surface area contributed by atoms with Gasteiger partial charge in [0.15, 0.2) is 11.5 Å². The Morgan fingerprint density at radius 2 is 1.40 bits per heavy atom. The Labute approximate surface area is 283 Å². The average Bonchev–Trinajstić information content (AvgIpc) is 3.11. The Balaban J connectivity index is 1.81. The summed E-state index contributed by atoms with van der Waals surface area (Å²) in [6.45, 7) is 3.84. The molecular formula is C37H43N3O7S. The molecule has 10 nitrogen and oxygen atoms in total. The number of carbonyl (C=O) groups excluding carboxylic acids is 2. The second kappa shape index (κ2) is 16.7. The zero-order valence-corrected chi connectivity index (χ0v) is 28.8. The minimum absolute atomic E-state index is 0.0294. The predicted molar refractivity (Wildman–Crippen MR) is 186 cm³/mol. The first kappa shape index (κ1) is 35.8. The molecule has 0 bridgehead atoms. The van der Waals surface area contributed by atoms with Gasteiger partial charge in [0.05, 0.1) is 31.9 Å². The van der Waals surface area contributed by atoms with Crippen LogP contribution in [-0.4, -0.2) is 65.6 Å². The average molecular weight is 674 g/mol. The molecule has 0 aliphatic rings. The molecule has 4 rings (SSSR count). The number of hydrogen-bond donors (Lipinski definition) is 1. The number of amides is 2. The van der Waals surface area contributed by atoms with Crippen LogP contribution in [0.3, 0.4) is 0 Å². The van der Waals surface area contributed by atoms with Gasteiger partial charge in [-0.2, -0.15) is 0 Å². The monoisotopic (exact) mass is 673 g/mol. The molecule has 0 aliphatic heterocycles. The van der Waals surface area contributed by atoms with Crippen LogP contribution in [0.5, 0.6) is 17.2 Å². The molecule has 4 aromatic carbocycles. The van der Waals surface area contributed by atoms with Crippen LogP contribution in [0.4, 0.5) is 5.69 Å². The molecule has 0 radical (unpaired) electrons. The van der Waals surface area contributed by atoms with Crippen molar-refractivity contribution in [2.75, 3.05) is 38.7 Å². The summed E-state index contributed by atoms with van der Waals surface area (Å²) in [5.74, 6) is 0.450. The molecule has 0 spiro atoms. The van der Waals surface area contributed by atoms with E-state index in [-0.39, 0.29) is 41.1 Å². The van der Waals surface area contributed by atoms with Crippen LogP contribution in [0.1, 0.15) is 25.0 Å². The van der Waals surface area contributed by atoms with Crippen molar-refractivity contribution < 1.29 is 32.2 Å². The van der Waals surface area contributed by atoms with Gasteiger partial charge in [0.25, 0.3) is 10.0 Å². The number of benzene rings is 4. The van der Waals surface area contributed by atoms with E-state index in [9.17, 15) is 18.0 Å². The van der Waals surface area contributed by atoms with Crippen molar-refractivity contribution in [1.29, 1.82) is 0 Å². The van der Waals surface area contributed by atoms with E-state index in [2.05, 4.69) is 5.32 Å². The number of carbonyl (C=O) groups is 2. The van der Waals surface area contributed by atoms with Gasteiger partial charge < -0.3 is 24.4 Å². The maximum absolute atomic E-state index is 14.6. The number of para-hydroxylation sites is 1. The SMILES string of the molecule is COc1cccc(CN(C(=O)CN(c2ccccc2)S(=O)(=O)c2ccc(OC)c(OC)c2)[C@@H](Cc2ccccc2)C(=O)NCC(C)C)c1. The van der Waals surface area contributed by atoms with E-state index in [1.165, 1.54) is 37.3 Å². The van der Waals surface area contributed by atoms with Gasteiger partial charge >= 0.3 is 0 Å². The van der Waals surface area contributed by atoms with Crippen molar-refractivity contribution in [2.24, 2.45) is 5.92 Å². The van der Waals surface area contributed by atoms with Crippen LogP contribution >= 0.6 is 0 Å². The van der Waals surface area contributed by atoms with Crippen molar-refractivity contribution in [3.63, 3.8) is 0 Å². The summed E-state index contributed by atoms with van der Waals surface area (Å²) in [5.41, 5.74) is 1.85. The molecule has 1 N–H and O–H groups in total. The number of nitrogens with zero attached hydrogens (tertiary/aromatic N) is 2. The first-order valence-electron chi connectivity index (χ1n) is 15.6. The lowest BCUT2D eigenvalue weighted by molar-refractivity contribution is -0.140. The standard InChI is InChI=1S/C37H43N3O7S/c1-27(2)24-38-37(42)33(22-28-13-8-6-9-14-28)39(25-29-15-12-18-31(21-29)45-3)36(41)26-40(30-16-10-7-11-17-30)48(43,44)32-19-20-34(46-4)35(23-32)47-5/h6-21,23,27,33H,22,24-26H2,1-5H3,(H,38,42)/t33-/m0/s1. The summed E-state index contributed by atoms with van der Waals surface area (Å²) in [6, 6.07) is 28.4. The number of methoxy groups -OCH3 is 3. The van der Waals surface area contributed by atoms with Crippen LogP contribution < -0.4 is 23.8 Å². The second-order valence-electron chi connectivity index (χ2n) is 11.6. The molecule has 0 unspecified atom stereocenters. The summed E-state index contributed by atoms with van der Waals surface area (Å²) in [6.07, 6.45) is 0.217. The molecule has 1 atom stereocenters. The van der Waals surface area contributed by atoms with Crippen LogP contribution in [0.15, 0.2) is 108 Å². The Morgan fingerprint density at radius 1 is 0.750 bits per heavy atom. The number of rotatable bonds is 16. The number of nitrogens with one attached hydrogen (secondary N) is 1. The smallest absolute Gasteiger partial charge is 0.264 e. The van der Waals surface area contributed by atoms with Crippen LogP contribution in [-0.2, 0) is 32.6 Å². The maximum Gasteiger partial charge on any atom is 0.264 e. The topological polar surface area (TPSA) is 114 Å². The number of ether oxygens (including phenoxy) is 3. The van der Waals surface area contributed by atoms with Crippen molar-refractivity contribution in [2.45, 2.75) is 37.8 Å². The van der Waals surface area contributed by atoms with E-state index in [1.54, 1.807) is 55.6 Å². The van der Waals surface area contributed by atoms with Crippen molar-refractivity contribution in [1.82, 2.24) is 10.2 Å². The molecule has 254 valence electrons. The molecule has 0 aromatic heterocycles. The van der Waals surface area contributed by atoms with E-state index in [1.807, 2.05) is 50.2 Å². The van der Waals surface area contributed by atoms with E-state index in [0.717, 1.165) is 9.87 Å². The highest BCUT2D eigenvalue weighted by molar-refractivity contribution is 7.92. The highest BCUT2D eigenvalue weighted by Crippen LogP contribution is 2.32. The van der Waals surface area contributed by atoms with E-state index in [0.29, 0.717) is 23.6 Å². The molecular weight excluding hydrogens is 630 g/mol. The zero-order valence-electron chi connectivity index (χ0n) is 28.0. The number of sulfonamides is 1. The number of hydrogen-bond acceptors (Lipinski definition) is 7. The van der Waals surface area contributed by atoms with Crippen LogP contribution in [0.25, 0.3) is 0 Å². The van der Waals surface area contributed by atoms with Gasteiger partial charge in [-0.3, -0.25) is 13.9 Å². The van der Waals surface area contributed by atoms with Gasteiger partial charge in [0.2, 0.25) is 11.8 Å². The Morgan fingerprint density at radius 3 is 2.02 bits per heavy atom. The van der Waals surface area contributed by atoms with Crippen LogP contribution in [0.2, 0.25) is 0 Å². The Hall–Kier alpha value is -5.03. The molecule has 0 saturated carbocycles. The third-order valence-electron chi connectivity index (χ3n) is 7.71. The summed E-state index contributed by atoms with van der Waals surface area (Å²) in [5, 5.41) is 3.00. The quantitative estimate of drug-likeness (QED) is 0.171. The minimum atomic E-state index is -4.32. The van der Waals surface area contributed by atoms with Crippen molar-refractivity contribution >= 4 is 27.5 Å². The van der Waals surface area contributed by atoms with Crippen LogP contribution in [0, 0.1) is 5.92 Å². The number of anilines is 1. The third-order valence-corrected chi connectivity index (χ3v) is 9.48. The Bertz CT molecular complexity index is 1770. The lowest BCUT2D eigenvalue weighted by Crippen LogP contribution is -2.53. The summed E-state index contributed by atoms with van der Waals surface area (Å²) in [7, 11) is 0.108. The molecule has 4 aromatic rings. The minimum Gasteiger partial charge on any atom is -0.497 e. The summed E-state index contributed by atoms with van der Waals surface area (Å²) >= 11 is 0. The summed E-state index contributed by atoms with van der Waals surface area (Å²) < 4.78 is 45.8. The van der Waals surface area contributed by atoms with E-state index in [4.69, 9.17) is 14.2 Å². The van der Waals surface area contributed by atoms with Gasteiger partial charge in [-0.05, 0) is 53.4 Å². The zero-order chi connectivity index (χ0) is 34.7. The molecule has 0 fully saturated rings. The second-order valence-corrected chi connectivity index (χ2v) is 13.4. The highest BCUT2D eigenvalue weighted by atomic mass is 32.2. The third kappa shape index (κ3) is 9.07. The van der Waals surface area contributed by atoms with Gasteiger partial charge in [-0.25, -0.2) is 8.42 Å². The molecule has 0 saturated heterocycles. The normalized spacial score (nSPS) is 11.8. The molecule has 11 heteroatoms. The molecule has 0 heterocycles. The fourth-order valence-electron chi connectivity index (χ4n) is 5.17. The van der Waals surface area contributed by atoms with E-state index < -0.39 is 28.5 Å². The van der Waals surface area contributed by atoms with Crippen molar-refractivity contribution in [3.05, 3.63) is 114 Å². The predicted octanol–water partition coefficient (Wildman–Crippen LogP) is 5.32. The van der Waals surface area contributed by atoms with Gasteiger partial charge in [-0.1, -0.05) is 74.5 Å². The van der Waals surface area contributed by atoms with Crippen molar-refractivity contribution in [3.8, 4) is 17.2 Å². The first-order chi connectivity index (χ1) is 23.1. The lowest BCUT2D eigenvalue weighted by atomic mass is 10.0.